The molecular formula is C31H32OSi. The summed E-state index contributed by atoms with van der Waals surface area (Å²) in [7, 11) is -2.05. The van der Waals surface area contributed by atoms with E-state index in [2.05, 4.69) is 104 Å². The van der Waals surface area contributed by atoms with E-state index in [9.17, 15) is 5.11 Å². The maximum Gasteiger partial charge on any atom is 0.0881 e. The van der Waals surface area contributed by atoms with Crippen LogP contribution in [0.2, 0.25) is 18.6 Å². The van der Waals surface area contributed by atoms with Gasteiger partial charge in [0.05, 0.1) is 14.2 Å². The van der Waals surface area contributed by atoms with E-state index in [-0.39, 0.29) is 11.5 Å². The second-order valence-corrected chi connectivity index (χ2v) is 13.9. The molecule has 0 aliphatic heterocycles. The van der Waals surface area contributed by atoms with Gasteiger partial charge in [0.2, 0.25) is 0 Å². The van der Waals surface area contributed by atoms with Crippen molar-refractivity contribution in [1.82, 2.24) is 0 Å². The zero-order chi connectivity index (χ0) is 23.1. The monoisotopic (exact) mass is 448 g/mol. The molecular weight excluding hydrogens is 416 g/mol. The first-order valence-corrected chi connectivity index (χ1v) is 14.7. The summed E-state index contributed by atoms with van der Waals surface area (Å²) in [4.78, 5) is 0. The van der Waals surface area contributed by atoms with Crippen molar-refractivity contribution in [3.8, 4) is 0 Å². The zero-order valence-corrected chi connectivity index (χ0v) is 20.4. The molecule has 4 aromatic carbocycles. The molecule has 0 unspecified atom stereocenters. The highest BCUT2D eigenvalue weighted by atomic mass is 28.3. The van der Waals surface area contributed by atoms with Gasteiger partial charge in [-0.2, -0.15) is 0 Å². The minimum Gasteiger partial charge on any atom is -0.388 e. The largest absolute Gasteiger partial charge is 0.388 e. The summed E-state index contributed by atoms with van der Waals surface area (Å²) in [5.74, 6) is -0.0598. The normalized spacial score (nSPS) is 14.6. The molecule has 4 aromatic rings. The molecule has 0 bridgehead atoms. The highest BCUT2D eigenvalue weighted by molar-refractivity contribution is 6.91. The van der Waals surface area contributed by atoms with Crippen molar-refractivity contribution in [2.24, 2.45) is 0 Å². The van der Waals surface area contributed by atoms with Crippen molar-refractivity contribution in [3.05, 3.63) is 144 Å². The lowest BCUT2D eigenvalue weighted by atomic mass is 9.86. The molecule has 0 heterocycles. The smallest absolute Gasteiger partial charge is 0.0881 e. The summed E-state index contributed by atoms with van der Waals surface area (Å²) in [5, 5.41) is 13.2. The summed E-state index contributed by atoms with van der Waals surface area (Å²) in [6.07, 6.45) is 3.99. The van der Waals surface area contributed by atoms with Crippen LogP contribution in [0.5, 0.6) is 0 Å². The Bertz CT molecular complexity index is 1140. The third kappa shape index (κ3) is 5.41. The molecule has 0 saturated carbocycles. The Labute approximate surface area is 199 Å². The Morgan fingerprint density at radius 2 is 1.06 bits per heavy atom. The number of benzene rings is 4. The predicted octanol–water partition coefficient (Wildman–Crippen LogP) is 7.20. The van der Waals surface area contributed by atoms with Crippen LogP contribution in [0.25, 0.3) is 6.08 Å². The Morgan fingerprint density at radius 1 is 0.606 bits per heavy atom. The molecule has 0 fully saturated rings. The summed E-state index contributed by atoms with van der Waals surface area (Å²) in [6, 6.07) is 41.9. The molecule has 166 valence electrons. The van der Waals surface area contributed by atoms with Gasteiger partial charge in [0.25, 0.3) is 0 Å². The molecule has 0 radical (unpaired) electrons. The highest BCUT2D eigenvalue weighted by Crippen LogP contribution is 2.46. The third-order valence-electron chi connectivity index (χ3n) is 6.70. The van der Waals surface area contributed by atoms with Crippen LogP contribution >= 0.6 is 0 Å². The lowest BCUT2D eigenvalue weighted by molar-refractivity contribution is 0.144. The number of hydrogen-bond donors (Lipinski definition) is 1. The summed E-state index contributed by atoms with van der Waals surface area (Å²) >= 11 is 0. The van der Waals surface area contributed by atoms with Crippen LogP contribution in [-0.2, 0) is 0 Å². The molecule has 0 amide bonds. The lowest BCUT2D eigenvalue weighted by Crippen LogP contribution is -2.48. The molecule has 0 saturated heterocycles. The first-order valence-electron chi connectivity index (χ1n) is 11.6. The number of hydrogen-bond acceptors (Lipinski definition) is 1. The predicted molar refractivity (Wildman–Crippen MR) is 143 cm³/mol. The molecule has 2 heteroatoms. The second-order valence-electron chi connectivity index (χ2n) is 9.18. The molecule has 4 rings (SSSR count). The molecule has 3 atom stereocenters. The average molecular weight is 449 g/mol. The summed E-state index contributed by atoms with van der Waals surface area (Å²) < 4.78 is 0. The fourth-order valence-electron chi connectivity index (χ4n) is 4.77. The standard InChI is InChI=1S/C31H32OSi/c1-33(2,28-21-13-6-14-22-28)29(24-23-25-15-7-3-8-16-25)30(26-17-9-4-10-18-26)31(32)27-19-11-5-12-20-27/h3-24,29-32H,1-2H3/b24-23+/t29-,30-,31+/m0/s1. The quantitative estimate of drug-likeness (QED) is 0.283. The lowest BCUT2D eigenvalue weighted by Gasteiger charge is -2.39. The van der Waals surface area contributed by atoms with E-state index in [1.807, 2.05) is 42.5 Å². The Morgan fingerprint density at radius 3 is 1.61 bits per heavy atom. The van der Waals surface area contributed by atoms with E-state index in [1.54, 1.807) is 0 Å². The van der Waals surface area contributed by atoms with Crippen molar-refractivity contribution in [1.29, 1.82) is 0 Å². The fourth-order valence-corrected chi connectivity index (χ4v) is 8.05. The van der Waals surface area contributed by atoms with E-state index in [0.717, 1.165) is 5.56 Å². The Kier molecular flexibility index (Phi) is 7.38. The third-order valence-corrected chi connectivity index (χ3v) is 10.7. The molecule has 1 nitrogen and oxygen atoms in total. The van der Waals surface area contributed by atoms with Crippen molar-refractivity contribution >= 4 is 19.3 Å². The minimum atomic E-state index is -2.05. The van der Waals surface area contributed by atoms with Gasteiger partial charge in [-0.1, -0.05) is 152 Å². The van der Waals surface area contributed by atoms with Gasteiger partial charge in [-0.05, 0) is 22.2 Å². The van der Waals surface area contributed by atoms with E-state index in [1.165, 1.54) is 16.3 Å². The van der Waals surface area contributed by atoms with Crippen LogP contribution in [0, 0.1) is 0 Å². The van der Waals surface area contributed by atoms with Gasteiger partial charge in [0.1, 0.15) is 0 Å². The Balaban J connectivity index is 1.86. The SMILES string of the molecule is C[Si](C)(c1ccccc1)[C@@H](/C=C/c1ccccc1)[C@H](c1ccccc1)[C@H](O)c1ccccc1. The van der Waals surface area contributed by atoms with Gasteiger partial charge in [-0.15, -0.1) is 0 Å². The molecule has 0 spiro atoms. The van der Waals surface area contributed by atoms with Crippen molar-refractivity contribution in [2.45, 2.75) is 30.7 Å². The van der Waals surface area contributed by atoms with Crippen LogP contribution < -0.4 is 5.19 Å². The Hall–Kier alpha value is -3.20. The fraction of sp³-hybridized carbons (Fsp3) is 0.161. The van der Waals surface area contributed by atoms with Gasteiger partial charge < -0.3 is 5.11 Å². The van der Waals surface area contributed by atoms with E-state index in [0.29, 0.717) is 0 Å². The number of rotatable bonds is 8. The van der Waals surface area contributed by atoms with Gasteiger partial charge in [0, 0.05) is 5.92 Å². The van der Waals surface area contributed by atoms with Crippen LogP contribution in [-0.4, -0.2) is 13.2 Å². The summed E-state index contributed by atoms with van der Waals surface area (Å²) in [5.41, 5.74) is 3.49. The number of aliphatic hydroxyl groups is 1. The van der Waals surface area contributed by atoms with E-state index < -0.39 is 14.2 Å². The zero-order valence-electron chi connectivity index (χ0n) is 19.4. The van der Waals surface area contributed by atoms with Crippen LogP contribution in [0.1, 0.15) is 28.7 Å². The average Bonchev–Trinajstić information content (AvgIpc) is 2.88. The van der Waals surface area contributed by atoms with E-state index >= 15 is 0 Å². The van der Waals surface area contributed by atoms with Crippen molar-refractivity contribution < 1.29 is 5.11 Å². The van der Waals surface area contributed by atoms with E-state index in [4.69, 9.17) is 0 Å². The van der Waals surface area contributed by atoms with Gasteiger partial charge in [-0.3, -0.25) is 0 Å². The van der Waals surface area contributed by atoms with Crippen molar-refractivity contribution in [3.63, 3.8) is 0 Å². The van der Waals surface area contributed by atoms with Crippen molar-refractivity contribution in [2.75, 3.05) is 0 Å². The number of aliphatic hydroxyl groups excluding tert-OH is 1. The number of allylic oxidation sites excluding steroid dienone is 1. The van der Waals surface area contributed by atoms with Gasteiger partial charge in [-0.25, -0.2) is 0 Å². The highest BCUT2D eigenvalue weighted by Gasteiger charge is 2.41. The second kappa shape index (κ2) is 10.6. The molecule has 1 N–H and O–H groups in total. The van der Waals surface area contributed by atoms with Crippen LogP contribution in [0.4, 0.5) is 0 Å². The summed E-state index contributed by atoms with van der Waals surface area (Å²) in [6.45, 7) is 4.85. The first-order chi connectivity index (χ1) is 16.1. The minimum absolute atomic E-state index is 0.0598. The topological polar surface area (TPSA) is 20.2 Å². The molecule has 33 heavy (non-hydrogen) atoms. The molecule has 0 aliphatic rings. The maximum absolute atomic E-state index is 11.8. The maximum atomic E-state index is 11.8. The molecule has 0 aliphatic carbocycles. The van der Waals surface area contributed by atoms with Crippen LogP contribution in [0.3, 0.4) is 0 Å². The van der Waals surface area contributed by atoms with Gasteiger partial charge >= 0.3 is 0 Å². The van der Waals surface area contributed by atoms with Gasteiger partial charge in [0.15, 0.2) is 0 Å². The van der Waals surface area contributed by atoms with Crippen LogP contribution in [0.15, 0.2) is 127 Å². The first kappa shape index (κ1) is 23.0. The molecule has 0 aromatic heterocycles.